The molecular weight excluding hydrogens is 240 g/mol. The van der Waals surface area contributed by atoms with Gasteiger partial charge in [0.1, 0.15) is 4.70 Å². The van der Waals surface area contributed by atoms with Crippen molar-refractivity contribution in [3.05, 3.63) is 28.1 Å². The van der Waals surface area contributed by atoms with Crippen LogP contribution in [0.4, 0.5) is 0 Å². The first kappa shape index (κ1) is 10.9. The zero-order valence-corrected chi connectivity index (χ0v) is 9.98. The van der Waals surface area contributed by atoms with Crippen molar-refractivity contribution in [2.75, 3.05) is 19.8 Å². The Bertz CT molecular complexity index is 571. The van der Waals surface area contributed by atoms with E-state index in [1.807, 2.05) is 11.4 Å². The van der Waals surface area contributed by atoms with Crippen LogP contribution in [0.15, 0.2) is 22.6 Å². The molecule has 1 aliphatic heterocycles. The molecule has 0 aromatic carbocycles. The average Bonchev–Trinajstić information content (AvgIpc) is 2.83. The van der Waals surface area contributed by atoms with Crippen molar-refractivity contribution in [1.29, 1.82) is 0 Å². The average molecular weight is 252 g/mol. The van der Waals surface area contributed by atoms with E-state index in [0.717, 1.165) is 5.52 Å². The summed E-state index contributed by atoms with van der Waals surface area (Å²) in [5.41, 5.74) is 0.760. The van der Waals surface area contributed by atoms with Crippen LogP contribution in [0.1, 0.15) is 0 Å². The maximum absolute atomic E-state index is 12.1. The lowest BCUT2D eigenvalue weighted by molar-refractivity contribution is -0.0939. The molecular formula is C11H12N2O3S. The number of rotatable bonds is 2. The highest BCUT2D eigenvalue weighted by Crippen LogP contribution is 2.13. The van der Waals surface area contributed by atoms with Crippen LogP contribution in [-0.2, 0) is 16.0 Å². The molecule has 5 nitrogen and oxygen atoms in total. The molecule has 0 amide bonds. The first-order valence-electron chi connectivity index (χ1n) is 5.46. The van der Waals surface area contributed by atoms with Crippen molar-refractivity contribution in [2.24, 2.45) is 0 Å². The third-order valence-electron chi connectivity index (χ3n) is 2.72. The molecule has 2 aromatic rings. The molecule has 90 valence electrons. The quantitative estimate of drug-likeness (QED) is 0.796. The molecule has 3 heterocycles. The highest BCUT2D eigenvalue weighted by molar-refractivity contribution is 7.17. The summed E-state index contributed by atoms with van der Waals surface area (Å²) in [5, 5.41) is 1.88. The Morgan fingerprint density at radius 3 is 3.29 bits per heavy atom. The summed E-state index contributed by atoms with van der Waals surface area (Å²) in [6.45, 7) is 2.26. The molecule has 1 fully saturated rings. The number of ether oxygens (including phenoxy) is 2. The van der Waals surface area contributed by atoms with Gasteiger partial charge in [-0.15, -0.1) is 11.3 Å². The topological polar surface area (TPSA) is 53.4 Å². The van der Waals surface area contributed by atoms with E-state index in [0.29, 0.717) is 31.1 Å². The van der Waals surface area contributed by atoms with Crippen LogP contribution in [-0.4, -0.2) is 35.5 Å². The molecule has 1 saturated heterocycles. The molecule has 0 radical (unpaired) electrons. The molecule has 17 heavy (non-hydrogen) atoms. The lowest BCUT2D eigenvalue weighted by Crippen LogP contribution is -2.35. The maximum Gasteiger partial charge on any atom is 0.271 e. The Labute approximate surface area is 102 Å². The molecule has 1 aliphatic rings. The van der Waals surface area contributed by atoms with Gasteiger partial charge in [0.2, 0.25) is 0 Å². The van der Waals surface area contributed by atoms with Gasteiger partial charge in [0.05, 0.1) is 44.3 Å². The van der Waals surface area contributed by atoms with Gasteiger partial charge in [0.15, 0.2) is 0 Å². The lowest BCUT2D eigenvalue weighted by atomic mass is 10.3. The zero-order chi connectivity index (χ0) is 11.7. The highest BCUT2D eigenvalue weighted by atomic mass is 32.1. The largest absolute Gasteiger partial charge is 0.376 e. The smallest absolute Gasteiger partial charge is 0.271 e. The molecule has 0 N–H and O–H groups in total. The van der Waals surface area contributed by atoms with Gasteiger partial charge >= 0.3 is 0 Å². The number of hydrogen-bond acceptors (Lipinski definition) is 5. The maximum atomic E-state index is 12.1. The fourth-order valence-electron chi connectivity index (χ4n) is 1.87. The van der Waals surface area contributed by atoms with E-state index in [-0.39, 0.29) is 11.7 Å². The number of aromatic nitrogens is 2. The minimum atomic E-state index is -0.0549. The Morgan fingerprint density at radius 2 is 2.47 bits per heavy atom. The van der Waals surface area contributed by atoms with E-state index in [9.17, 15) is 4.79 Å². The van der Waals surface area contributed by atoms with Crippen molar-refractivity contribution in [1.82, 2.24) is 9.55 Å². The summed E-state index contributed by atoms with van der Waals surface area (Å²) in [6.07, 6.45) is 1.52. The van der Waals surface area contributed by atoms with Crippen LogP contribution in [0.3, 0.4) is 0 Å². The van der Waals surface area contributed by atoms with Crippen LogP contribution < -0.4 is 5.56 Å². The molecule has 1 atom stereocenters. The molecule has 3 rings (SSSR count). The normalized spacial score (nSPS) is 20.8. The second-order valence-electron chi connectivity index (χ2n) is 3.90. The Hall–Kier alpha value is -1.24. The standard InChI is InChI=1S/C11H12N2O3S/c14-11-10-9(1-4-17-10)12-7-13(11)5-8-6-15-2-3-16-8/h1,4,7-8H,2-3,5-6H2. The van der Waals surface area contributed by atoms with Gasteiger partial charge in [-0.25, -0.2) is 4.98 Å². The first-order chi connectivity index (χ1) is 8.34. The Morgan fingerprint density at radius 1 is 1.53 bits per heavy atom. The predicted molar refractivity (Wildman–Crippen MR) is 64.4 cm³/mol. The number of hydrogen-bond donors (Lipinski definition) is 0. The molecule has 0 spiro atoms. The van der Waals surface area contributed by atoms with Crippen molar-refractivity contribution in [2.45, 2.75) is 12.6 Å². The van der Waals surface area contributed by atoms with Crippen molar-refractivity contribution < 1.29 is 9.47 Å². The van der Waals surface area contributed by atoms with E-state index < -0.39 is 0 Å². The minimum Gasteiger partial charge on any atom is -0.376 e. The number of nitrogens with zero attached hydrogens (tertiary/aromatic N) is 2. The SMILES string of the molecule is O=c1c2sccc2ncn1CC1COCCO1. The van der Waals surface area contributed by atoms with E-state index in [4.69, 9.17) is 9.47 Å². The highest BCUT2D eigenvalue weighted by Gasteiger charge is 2.16. The van der Waals surface area contributed by atoms with Crippen molar-refractivity contribution >= 4 is 21.6 Å². The van der Waals surface area contributed by atoms with Gasteiger partial charge in [0.25, 0.3) is 5.56 Å². The summed E-state index contributed by atoms with van der Waals surface area (Å²) in [4.78, 5) is 16.3. The van der Waals surface area contributed by atoms with Gasteiger partial charge < -0.3 is 9.47 Å². The fraction of sp³-hybridized carbons (Fsp3) is 0.455. The molecule has 6 heteroatoms. The van der Waals surface area contributed by atoms with Crippen LogP contribution in [0, 0.1) is 0 Å². The van der Waals surface area contributed by atoms with Gasteiger partial charge in [-0.3, -0.25) is 9.36 Å². The third kappa shape index (κ3) is 2.11. The molecule has 0 aliphatic carbocycles. The van der Waals surface area contributed by atoms with E-state index in [1.165, 1.54) is 11.3 Å². The van der Waals surface area contributed by atoms with Gasteiger partial charge in [0, 0.05) is 0 Å². The predicted octanol–water partition coefficient (Wildman–Crippen LogP) is 0.873. The minimum absolute atomic E-state index is 0.000765. The molecule has 0 saturated carbocycles. The van der Waals surface area contributed by atoms with Gasteiger partial charge in [-0.2, -0.15) is 0 Å². The number of thiophene rings is 1. The fourth-order valence-corrected chi connectivity index (χ4v) is 2.66. The van der Waals surface area contributed by atoms with Crippen molar-refractivity contribution in [3.8, 4) is 0 Å². The summed E-state index contributed by atoms with van der Waals surface area (Å²) in [7, 11) is 0. The summed E-state index contributed by atoms with van der Waals surface area (Å²) in [6, 6.07) is 1.85. The van der Waals surface area contributed by atoms with E-state index in [2.05, 4.69) is 4.98 Å². The van der Waals surface area contributed by atoms with Gasteiger partial charge in [-0.1, -0.05) is 0 Å². The Balaban J connectivity index is 1.89. The van der Waals surface area contributed by atoms with E-state index >= 15 is 0 Å². The summed E-state index contributed by atoms with van der Waals surface area (Å²) >= 11 is 1.42. The molecule has 0 bridgehead atoms. The monoisotopic (exact) mass is 252 g/mol. The third-order valence-corrected chi connectivity index (χ3v) is 3.61. The first-order valence-corrected chi connectivity index (χ1v) is 6.34. The second kappa shape index (κ2) is 4.56. The van der Waals surface area contributed by atoms with Crippen molar-refractivity contribution in [3.63, 3.8) is 0 Å². The zero-order valence-electron chi connectivity index (χ0n) is 9.17. The lowest BCUT2D eigenvalue weighted by Gasteiger charge is -2.23. The van der Waals surface area contributed by atoms with Crippen LogP contribution in [0.25, 0.3) is 10.2 Å². The van der Waals surface area contributed by atoms with E-state index in [1.54, 1.807) is 10.9 Å². The second-order valence-corrected chi connectivity index (χ2v) is 4.82. The number of fused-ring (bicyclic) bond motifs is 1. The summed E-state index contributed by atoms with van der Waals surface area (Å²) < 4.78 is 13.1. The summed E-state index contributed by atoms with van der Waals surface area (Å²) in [5.74, 6) is 0. The molecule has 2 aromatic heterocycles. The Kier molecular flexibility index (Phi) is 2.92. The van der Waals surface area contributed by atoms with Gasteiger partial charge in [-0.05, 0) is 11.4 Å². The van der Waals surface area contributed by atoms with Crippen LogP contribution >= 0.6 is 11.3 Å². The van der Waals surface area contributed by atoms with Crippen LogP contribution in [0.5, 0.6) is 0 Å². The molecule has 1 unspecified atom stereocenters. The van der Waals surface area contributed by atoms with Crippen LogP contribution in [0.2, 0.25) is 0 Å².